The summed E-state index contributed by atoms with van der Waals surface area (Å²) in [5.41, 5.74) is 2.59. The van der Waals surface area contributed by atoms with Crippen LogP contribution in [0, 0.1) is 6.92 Å². The number of ether oxygens (including phenoxy) is 1. The van der Waals surface area contributed by atoms with Crippen LogP contribution in [-0.4, -0.2) is 34.6 Å². The molecule has 2 rings (SSSR count). The monoisotopic (exact) mass is 432 g/mol. The molecule has 164 valence electrons. The van der Waals surface area contributed by atoms with Crippen LogP contribution < -0.4 is 10.0 Å². The lowest BCUT2D eigenvalue weighted by atomic mass is 10.1. The van der Waals surface area contributed by atoms with Crippen LogP contribution >= 0.6 is 0 Å². The van der Waals surface area contributed by atoms with Crippen LogP contribution in [0.25, 0.3) is 0 Å². The van der Waals surface area contributed by atoms with Crippen molar-refractivity contribution in [3.8, 4) is 0 Å². The predicted octanol–water partition coefficient (Wildman–Crippen LogP) is 4.29. The van der Waals surface area contributed by atoms with Gasteiger partial charge in [-0.3, -0.25) is 9.52 Å². The molecule has 0 atom stereocenters. The zero-order chi connectivity index (χ0) is 22.0. The highest BCUT2D eigenvalue weighted by atomic mass is 32.2. The Kier molecular flexibility index (Phi) is 9.33. The van der Waals surface area contributed by atoms with Crippen molar-refractivity contribution in [3.63, 3.8) is 0 Å². The van der Waals surface area contributed by atoms with Crippen LogP contribution in [0.2, 0.25) is 0 Å². The number of nitrogens with one attached hydrogen (secondary N) is 2. The van der Waals surface area contributed by atoms with Crippen LogP contribution in [-0.2, 0) is 21.2 Å². The van der Waals surface area contributed by atoms with E-state index in [0.717, 1.165) is 32.1 Å². The lowest BCUT2D eigenvalue weighted by Crippen LogP contribution is -2.25. The summed E-state index contributed by atoms with van der Waals surface area (Å²) in [4.78, 5) is 12.5. The Hall–Kier alpha value is -2.38. The maximum atomic E-state index is 12.9. The number of carbonyl (C=O) groups excluding carboxylic acids is 1. The average molecular weight is 433 g/mol. The minimum Gasteiger partial charge on any atom is -0.385 e. The highest BCUT2D eigenvalue weighted by molar-refractivity contribution is 7.92. The van der Waals surface area contributed by atoms with E-state index in [9.17, 15) is 13.2 Å². The van der Waals surface area contributed by atoms with Gasteiger partial charge in [0.2, 0.25) is 0 Å². The fourth-order valence-corrected chi connectivity index (χ4v) is 4.37. The van der Waals surface area contributed by atoms with Crippen LogP contribution in [0.3, 0.4) is 0 Å². The third-order valence-corrected chi connectivity index (χ3v) is 6.35. The summed E-state index contributed by atoms with van der Waals surface area (Å²) in [6.45, 7) is 5.02. The van der Waals surface area contributed by atoms with Crippen molar-refractivity contribution in [1.82, 2.24) is 5.32 Å². The molecule has 0 aliphatic carbocycles. The summed E-state index contributed by atoms with van der Waals surface area (Å²) in [5.74, 6) is -0.288. The molecular formula is C23H32N2O4S. The van der Waals surface area contributed by atoms with Crippen LogP contribution in [0.1, 0.15) is 54.1 Å². The summed E-state index contributed by atoms with van der Waals surface area (Å²) in [5, 5.41) is 2.82. The Morgan fingerprint density at radius 1 is 1.03 bits per heavy atom. The molecule has 0 saturated carbocycles. The van der Waals surface area contributed by atoms with Crippen LogP contribution in [0.4, 0.5) is 5.69 Å². The second kappa shape index (κ2) is 11.7. The first-order valence-corrected chi connectivity index (χ1v) is 11.8. The van der Waals surface area contributed by atoms with E-state index < -0.39 is 10.0 Å². The molecule has 0 heterocycles. The molecule has 6 nitrogen and oxygen atoms in total. The number of unbranched alkanes of at least 4 members (excludes halogenated alkanes) is 2. The molecule has 0 unspecified atom stereocenters. The molecule has 0 bridgehead atoms. The van der Waals surface area contributed by atoms with E-state index in [1.807, 2.05) is 12.1 Å². The summed E-state index contributed by atoms with van der Waals surface area (Å²) in [6, 6.07) is 12.1. The summed E-state index contributed by atoms with van der Waals surface area (Å²) in [6.07, 6.45) is 4.85. The first-order chi connectivity index (χ1) is 14.4. The number of carbonyl (C=O) groups is 1. The number of hydrogen-bond donors (Lipinski definition) is 2. The Balaban J connectivity index is 2.09. The minimum absolute atomic E-state index is 0.101. The third-order valence-electron chi connectivity index (χ3n) is 4.83. The number of anilines is 1. The van der Waals surface area contributed by atoms with Gasteiger partial charge in [0.1, 0.15) is 0 Å². The number of rotatable bonds is 12. The molecule has 0 fully saturated rings. The fraction of sp³-hybridized carbons (Fsp3) is 0.435. The Morgan fingerprint density at radius 2 is 1.77 bits per heavy atom. The van der Waals surface area contributed by atoms with Gasteiger partial charge in [0.05, 0.1) is 4.90 Å². The molecule has 2 aromatic carbocycles. The highest BCUT2D eigenvalue weighted by Crippen LogP contribution is 2.21. The van der Waals surface area contributed by atoms with Gasteiger partial charge in [-0.2, -0.15) is 0 Å². The first kappa shape index (κ1) is 23.9. The fourth-order valence-electron chi connectivity index (χ4n) is 3.04. The van der Waals surface area contributed by atoms with Gasteiger partial charge in [-0.1, -0.05) is 31.5 Å². The molecular weight excluding hydrogens is 400 g/mol. The van der Waals surface area contributed by atoms with Crippen molar-refractivity contribution in [2.24, 2.45) is 0 Å². The third kappa shape index (κ3) is 7.15. The smallest absolute Gasteiger partial charge is 0.262 e. The Bertz CT molecular complexity index is 925. The van der Waals surface area contributed by atoms with E-state index in [4.69, 9.17) is 4.74 Å². The van der Waals surface area contributed by atoms with Crippen molar-refractivity contribution in [3.05, 3.63) is 59.2 Å². The Morgan fingerprint density at radius 3 is 2.43 bits per heavy atom. The minimum atomic E-state index is -3.81. The van der Waals surface area contributed by atoms with Crippen molar-refractivity contribution < 1.29 is 17.9 Å². The van der Waals surface area contributed by atoms with E-state index in [-0.39, 0.29) is 10.8 Å². The van der Waals surface area contributed by atoms with Crippen molar-refractivity contribution >= 4 is 21.6 Å². The maximum Gasteiger partial charge on any atom is 0.262 e. The van der Waals surface area contributed by atoms with Gasteiger partial charge in [0.25, 0.3) is 15.9 Å². The molecule has 0 saturated heterocycles. The number of sulfonamides is 1. The number of benzene rings is 2. The molecule has 0 aliphatic heterocycles. The molecule has 30 heavy (non-hydrogen) atoms. The second-order valence-electron chi connectivity index (χ2n) is 7.34. The average Bonchev–Trinajstić information content (AvgIpc) is 2.73. The van der Waals surface area contributed by atoms with Gasteiger partial charge in [-0.25, -0.2) is 8.42 Å². The maximum absolute atomic E-state index is 12.9. The van der Waals surface area contributed by atoms with Gasteiger partial charge in [0.15, 0.2) is 0 Å². The number of hydrogen-bond acceptors (Lipinski definition) is 4. The molecule has 0 aliphatic rings. The van der Waals surface area contributed by atoms with E-state index in [2.05, 4.69) is 17.0 Å². The first-order valence-electron chi connectivity index (χ1n) is 10.4. The van der Waals surface area contributed by atoms with Crippen LogP contribution in [0.5, 0.6) is 0 Å². The van der Waals surface area contributed by atoms with E-state index in [1.165, 1.54) is 11.6 Å². The van der Waals surface area contributed by atoms with Crippen molar-refractivity contribution in [1.29, 1.82) is 0 Å². The van der Waals surface area contributed by atoms with Gasteiger partial charge in [0, 0.05) is 31.5 Å². The highest BCUT2D eigenvalue weighted by Gasteiger charge is 2.19. The van der Waals surface area contributed by atoms with E-state index in [1.54, 1.807) is 38.3 Å². The molecule has 2 aromatic rings. The summed E-state index contributed by atoms with van der Waals surface area (Å²) >= 11 is 0. The van der Waals surface area contributed by atoms with Gasteiger partial charge >= 0.3 is 0 Å². The van der Waals surface area contributed by atoms with Gasteiger partial charge < -0.3 is 10.1 Å². The van der Waals surface area contributed by atoms with Gasteiger partial charge in [-0.15, -0.1) is 0 Å². The quantitative estimate of drug-likeness (QED) is 0.490. The zero-order valence-corrected chi connectivity index (χ0v) is 18.8. The molecule has 0 radical (unpaired) electrons. The lowest BCUT2D eigenvalue weighted by Gasteiger charge is -2.13. The predicted molar refractivity (Wildman–Crippen MR) is 120 cm³/mol. The second-order valence-corrected chi connectivity index (χ2v) is 8.99. The molecule has 2 N–H and O–H groups in total. The van der Waals surface area contributed by atoms with Crippen LogP contribution in [0.15, 0.2) is 47.4 Å². The zero-order valence-electron chi connectivity index (χ0n) is 18.0. The topological polar surface area (TPSA) is 84.5 Å². The molecule has 1 amide bonds. The lowest BCUT2D eigenvalue weighted by molar-refractivity contribution is 0.0951. The van der Waals surface area contributed by atoms with Gasteiger partial charge in [-0.05, 0) is 68.0 Å². The standard InChI is InChI=1S/C23H32N2O4S/c1-4-5-8-19-10-13-21(14-11-19)25-30(27,28)22-17-20(12-9-18(22)2)23(26)24-15-6-7-16-29-3/h9-14,17,25H,4-8,15-16H2,1-3H3,(H,24,26). The SMILES string of the molecule is CCCCc1ccc(NS(=O)(=O)c2cc(C(=O)NCCCCOC)ccc2C)cc1. The number of amides is 1. The molecule has 0 spiro atoms. The number of aryl methyl sites for hydroxylation is 2. The normalized spacial score (nSPS) is 11.3. The molecule has 7 heteroatoms. The van der Waals surface area contributed by atoms with Crippen molar-refractivity contribution in [2.45, 2.75) is 50.8 Å². The Labute approximate surface area is 180 Å². The largest absolute Gasteiger partial charge is 0.385 e. The molecule has 0 aromatic heterocycles. The summed E-state index contributed by atoms with van der Waals surface area (Å²) in [7, 11) is -2.17. The van der Waals surface area contributed by atoms with E-state index in [0.29, 0.717) is 30.0 Å². The summed E-state index contributed by atoms with van der Waals surface area (Å²) < 4.78 is 33.5. The van der Waals surface area contributed by atoms with E-state index >= 15 is 0 Å². The number of methoxy groups -OCH3 is 1. The van der Waals surface area contributed by atoms with Crippen molar-refractivity contribution in [2.75, 3.05) is 25.0 Å².